The van der Waals surface area contributed by atoms with Crippen LogP contribution in [0.2, 0.25) is 0 Å². The van der Waals surface area contributed by atoms with Crippen LogP contribution in [0.5, 0.6) is 0 Å². The first kappa shape index (κ1) is 22.8. The van der Waals surface area contributed by atoms with Gasteiger partial charge in [0.25, 0.3) is 0 Å². The lowest BCUT2D eigenvalue weighted by Crippen LogP contribution is -2.39. The zero-order valence-electron chi connectivity index (χ0n) is 15.6. The molecule has 2 aromatic carbocycles. The Hall–Kier alpha value is -1.85. The Morgan fingerprint density at radius 1 is 1.00 bits per heavy atom. The van der Waals surface area contributed by atoms with Crippen molar-refractivity contribution in [3.8, 4) is 0 Å². The van der Waals surface area contributed by atoms with E-state index in [1.807, 2.05) is 35.2 Å². The zero-order chi connectivity index (χ0) is 21.7. The van der Waals surface area contributed by atoms with Gasteiger partial charge in [-0.3, -0.25) is 4.98 Å². The summed E-state index contributed by atoms with van der Waals surface area (Å²) in [5.74, 6) is 0. The molecule has 0 aliphatic heterocycles. The summed E-state index contributed by atoms with van der Waals surface area (Å²) in [6.07, 6.45) is 3.45. The molecular formula is C20H18Br2N4O2S2. The highest BCUT2D eigenvalue weighted by Gasteiger charge is 2.15. The zero-order valence-corrected chi connectivity index (χ0v) is 20.4. The largest absolute Gasteiger partial charge is 0.358 e. The highest BCUT2D eigenvalue weighted by atomic mass is 79.9. The summed E-state index contributed by atoms with van der Waals surface area (Å²) in [5, 5.41) is 8.98. The molecule has 3 aromatic rings. The molecule has 1 aromatic heterocycles. The lowest BCUT2D eigenvalue weighted by atomic mass is 10.2. The molecule has 1 heterocycles. The van der Waals surface area contributed by atoms with Crippen molar-refractivity contribution in [3.05, 3.63) is 87.1 Å². The van der Waals surface area contributed by atoms with Gasteiger partial charge in [0.1, 0.15) is 0 Å². The van der Waals surface area contributed by atoms with E-state index in [0.29, 0.717) is 18.2 Å². The van der Waals surface area contributed by atoms with Gasteiger partial charge in [-0.1, -0.05) is 31.9 Å². The molecule has 0 saturated heterocycles. The van der Waals surface area contributed by atoms with Crippen molar-refractivity contribution in [3.63, 3.8) is 0 Å². The molecule has 0 aliphatic carbocycles. The van der Waals surface area contributed by atoms with Crippen LogP contribution < -0.4 is 15.4 Å². The Balaban J connectivity index is 1.88. The highest BCUT2D eigenvalue weighted by Crippen LogP contribution is 2.24. The van der Waals surface area contributed by atoms with Gasteiger partial charge < -0.3 is 10.2 Å². The lowest BCUT2D eigenvalue weighted by Gasteiger charge is -2.26. The van der Waals surface area contributed by atoms with Gasteiger partial charge in [-0.2, -0.15) is 0 Å². The predicted molar refractivity (Wildman–Crippen MR) is 130 cm³/mol. The molecule has 6 nitrogen and oxygen atoms in total. The number of hydrogen-bond acceptors (Lipinski definition) is 4. The monoisotopic (exact) mass is 568 g/mol. The third kappa shape index (κ3) is 6.32. The summed E-state index contributed by atoms with van der Waals surface area (Å²) in [4.78, 5) is 5.96. The second-order valence-electron chi connectivity index (χ2n) is 6.42. The van der Waals surface area contributed by atoms with Crippen LogP contribution in [0.3, 0.4) is 0 Å². The quantitative estimate of drug-likeness (QED) is 0.429. The maximum absolute atomic E-state index is 11.6. The summed E-state index contributed by atoms with van der Waals surface area (Å²) in [7, 11) is -3.77. The van der Waals surface area contributed by atoms with E-state index in [1.165, 1.54) is 12.1 Å². The molecule has 0 atom stereocenters. The van der Waals surface area contributed by atoms with Gasteiger partial charge in [-0.15, -0.1) is 0 Å². The number of aromatic nitrogens is 1. The third-order valence-electron chi connectivity index (χ3n) is 4.18. The summed E-state index contributed by atoms with van der Waals surface area (Å²) in [6, 6.07) is 16.1. The predicted octanol–water partition coefficient (Wildman–Crippen LogP) is 4.34. The lowest BCUT2D eigenvalue weighted by molar-refractivity contribution is 0.598. The molecule has 0 unspecified atom stereocenters. The summed E-state index contributed by atoms with van der Waals surface area (Å²) in [5.41, 5.74) is 2.80. The number of primary sulfonamides is 1. The van der Waals surface area contributed by atoms with Crippen LogP contribution >= 0.6 is 44.1 Å². The molecule has 0 amide bonds. The van der Waals surface area contributed by atoms with E-state index in [1.54, 1.807) is 24.5 Å². The number of anilines is 1. The van der Waals surface area contributed by atoms with Crippen molar-refractivity contribution in [2.24, 2.45) is 5.14 Å². The second kappa shape index (κ2) is 9.97. The van der Waals surface area contributed by atoms with Gasteiger partial charge in [0.15, 0.2) is 5.11 Å². The average Bonchev–Trinajstić information content (AvgIpc) is 2.70. The number of nitrogens with one attached hydrogen (secondary N) is 1. The smallest absolute Gasteiger partial charge is 0.238 e. The highest BCUT2D eigenvalue weighted by molar-refractivity contribution is 9.11. The van der Waals surface area contributed by atoms with E-state index in [2.05, 4.69) is 42.2 Å². The number of nitrogens with zero attached hydrogens (tertiary/aromatic N) is 2. The van der Waals surface area contributed by atoms with Crippen LogP contribution in [0.25, 0.3) is 0 Å². The summed E-state index contributed by atoms with van der Waals surface area (Å²) in [6.45, 7) is 1.02. The van der Waals surface area contributed by atoms with E-state index in [9.17, 15) is 8.42 Å². The van der Waals surface area contributed by atoms with Crippen molar-refractivity contribution >= 4 is 64.9 Å². The molecule has 0 radical (unpaired) electrons. The molecule has 0 aliphatic rings. The Kier molecular flexibility index (Phi) is 7.59. The Morgan fingerprint density at radius 2 is 1.60 bits per heavy atom. The van der Waals surface area contributed by atoms with E-state index < -0.39 is 10.0 Å². The van der Waals surface area contributed by atoms with E-state index in [-0.39, 0.29) is 4.90 Å². The fourth-order valence-corrected chi connectivity index (χ4v) is 4.90. The molecule has 0 fully saturated rings. The number of hydrogen-bond donors (Lipinski definition) is 2. The number of nitrogens with two attached hydrogens (primary N) is 1. The second-order valence-corrected chi connectivity index (χ2v) is 10.2. The number of thiocarbonyl (C=S) groups is 1. The standard InChI is InChI=1S/C20H18Br2N4O2S2/c21-16-9-15(10-17(22)11-16)13-26(18-1-3-19(4-2-18)30(23,27)28)20(29)25-12-14-5-7-24-8-6-14/h1-11H,12-13H2,(H,25,29)(H2,23,27,28). The van der Waals surface area contributed by atoms with Crippen molar-refractivity contribution in [1.82, 2.24) is 10.3 Å². The van der Waals surface area contributed by atoms with E-state index in [4.69, 9.17) is 17.4 Å². The number of halogens is 2. The minimum Gasteiger partial charge on any atom is -0.358 e. The van der Waals surface area contributed by atoms with E-state index >= 15 is 0 Å². The van der Waals surface area contributed by atoms with Crippen molar-refractivity contribution in [2.45, 2.75) is 18.0 Å². The van der Waals surface area contributed by atoms with Gasteiger partial charge in [-0.05, 0) is 77.9 Å². The normalized spacial score (nSPS) is 11.2. The minimum atomic E-state index is -3.77. The van der Waals surface area contributed by atoms with Crippen molar-refractivity contribution < 1.29 is 8.42 Å². The molecule has 30 heavy (non-hydrogen) atoms. The maximum atomic E-state index is 11.6. The molecule has 0 spiro atoms. The Morgan fingerprint density at radius 3 is 2.17 bits per heavy atom. The third-order valence-corrected chi connectivity index (χ3v) is 6.39. The van der Waals surface area contributed by atoms with Crippen LogP contribution in [0.4, 0.5) is 5.69 Å². The molecule has 0 saturated carbocycles. The van der Waals surface area contributed by atoms with Crippen LogP contribution in [0.1, 0.15) is 11.1 Å². The topological polar surface area (TPSA) is 88.3 Å². The fourth-order valence-electron chi connectivity index (χ4n) is 2.75. The van der Waals surface area contributed by atoms with Crippen LogP contribution in [0.15, 0.2) is 80.8 Å². The average molecular weight is 570 g/mol. The summed E-state index contributed by atoms with van der Waals surface area (Å²) >= 11 is 12.7. The van der Waals surface area contributed by atoms with Gasteiger partial charge >= 0.3 is 0 Å². The number of rotatable bonds is 6. The summed E-state index contributed by atoms with van der Waals surface area (Å²) < 4.78 is 25.0. The molecule has 3 rings (SSSR count). The van der Waals surface area contributed by atoms with Gasteiger partial charge in [-0.25, -0.2) is 13.6 Å². The Labute approximate surface area is 197 Å². The molecule has 3 N–H and O–H groups in total. The Bertz CT molecular complexity index is 1120. The SMILES string of the molecule is NS(=O)(=O)c1ccc(N(Cc2cc(Br)cc(Br)c2)C(=S)NCc2ccncc2)cc1. The first-order chi connectivity index (χ1) is 14.2. The van der Waals surface area contributed by atoms with Gasteiger partial charge in [0.05, 0.1) is 11.4 Å². The molecule has 0 bridgehead atoms. The first-order valence-electron chi connectivity index (χ1n) is 8.74. The van der Waals surface area contributed by atoms with Crippen molar-refractivity contribution in [2.75, 3.05) is 4.90 Å². The molecular weight excluding hydrogens is 552 g/mol. The molecule has 156 valence electrons. The van der Waals surface area contributed by atoms with Gasteiger partial charge in [0.2, 0.25) is 10.0 Å². The minimum absolute atomic E-state index is 0.0482. The number of pyridine rings is 1. The number of sulfonamides is 1. The van der Waals surface area contributed by atoms with Crippen LogP contribution in [0, 0.1) is 0 Å². The van der Waals surface area contributed by atoms with Crippen molar-refractivity contribution in [1.29, 1.82) is 0 Å². The van der Waals surface area contributed by atoms with Crippen LogP contribution in [-0.4, -0.2) is 18.5 Å². The van der Waals surface area contributed by atoms with Gasteiger partial charge in [0, 0.05) is 33.6 Å². The van der Waals surface area contributed by atoms with E-state index in [0.717, 1.165) is 25.8 Å². The first-order valence-corrected chi connectivity index (χ1v) is 12.3. The molecule has 10 heteroatoms. The maximum Gasteiger partial charge on any atom is 0.238 e. The fraction of sp³-hybridized carbons (Fsp3) is 0.100. The number of benzene rings is 2. The van der Waals surface area contributed by atoms with Crippen LogP contribution in [-0.2, 0) is 23.1 Å².